The average Bonchev–Trinajstić information content (AvgIpc) is 2.94. The molecule has 0 bridgehead atoms. The van der Waals surface area contributed by atoms with Gasteiger partial charge in [-0.25, -0.2) is 0 Å². The van der Waals surface area contributed by atoms with Crippen molar-refractivity contribution >= 4 is 5.69 Å². The molecule has 0 amide bonds. The molecule has 0 saturated heterocycles. The molecule has 2 N–H and O–H groups in total. The molecule has 0 saturated carbocycles. The monoisotopic (exact) mass is 229 g/mol. The van der Waals surface area contributed by atoms with Crippen LogP contribution in [0.1, 0.15) is 22.4 Å². The van der Waals surface area contributed by atoms with Gasteiger partial charge in [0.1, 0.15) is 0 Å². The Morgan fingerprint density at radius 1 is 1.35 bits per heavy atom. The van der Waals surface area contributed by atoms with Gasteiger partial charge in [-0.15, -0.1) is 0 Å². The molecule has 0 atom stereocenters. The summed E-state index contributed by atoms with van der Waals surface area (Å²) in [5, 5.41) is 10.3. The maximum atomic E-state index is 5.40. The van der Waals surface area contributed by atoms with Crippen LogP contribution in [0.2, 0.25) is 0 Å². The van der Waals surface area contributed by atoms with Crippen molar-refractivity contribution in [2.75, 3.05) is 5.32 Å². The number of anilines is 1. The van der Waals surface area contributed by atoms with E-state index in [9.17, 15) is 0 Å². The van der Waals surface area contributed by atoms with Crippen molar-refractivity contribution < 1.29 is 4.74 Å². The molecule has 1 aliphatic rings. The second-order valence-electron chi connectivity index (χ2n) is 4.35. The van der Waals surface area contributed by atoms with Crippen LogP contribution in [-0.4, -0.2) is 10.2 Å². The summed E-state index contributed by atoms with van der Waals surface area (Å²) in [5.41, 5.74) is 6.03. The summed E-state index contributed by atoms with van der Waals surface area (Å²) in [6, 6.07) is 6.40. The van der Waals surface area contributed by atoms with Crippen LogP contribution in [0.25, 0.3) is 0 Å². The van der Waals surface area contributed by atoms with Crippen molar-refractivity contribution in [2.24, 2.45) is 0 Å². The van der Waals surface area contributed by atoms with Gasteiger partial charge in [0.15, 0.2) is 0 Å². The van der Waals surface area contributed by atoms with Gasteiger partial charge in [0, 0.05) is 23.5 Å². The van der Waals surface area contributed by atoms with Crippen LogP contribution in [0.5, 0.6) is 0 Å². The molecule has 0 unspecified atom stereocenters. The van der Waals surface area contributed by atoms with E-state index >= 15 is 0 Å². The Labute approximate surface area is 100 Å². The van der Waals surface area contributed by atoms with Crippen LogP contribution in [-0.2, 0) is 24.5 Å². The zero-order valence-electron chi connectivity index (χ0n) is 9.79. The lowest BCUT2D eigenvalue weighted by atomic mass is 10.1. The number of benzene rings is 1. The Bertz CT molecular complexity index is 533. The second-order valence-corrected chi connectivity index (χ2v) is 4.35. The first-order valence-corrected chi connectivity index (χ1v) is 5.75. The fraction of sp³-hybridized carbons (Fsp3) is 0.308. The number of aromatic nitrogens is 2. The van der Waals surface area contributed by atoms with E-state index in [2.05, 4.69) is 33.7 Å². The number of aromatic amines is 1. The molecule has 88 valence electrons. The summed E-state index contributed by atoms with van der Waals surface area (Å²) < 4.78 is 5.40. The zero-order chi connectivity index (χ0) is 11.7. The minimum absolute atomic E-state index is 0.732. The molecule has 4 nitrogen and oxygen atoms in total. The van der Waals surface area contributed by atoms with E-state index in [0.29, 0.717) is 0 Å². The maximum absolute atomic E-state index is 5.40. The summed E-state index contributed by atoms with van der Waals surface area (Å²) >= 11 is 0. The molecule has 0 aliphatic carbocycles. The molecule has 4 heteroatoms. The number of nitrogens with zero attached hydrogens (tertiary/aromatic N) is 1. The van der Waals surface area contributed by atoms with Crippen LogP contribution in [0.3, 0.4) is 0 Å². The van der Waals surface area contributed by atoms with Crippen LogP contribution in [0, 0.1) is 6.92 Å². The van der Waals surface area contributed by atoms with Crippen molar-refractivity contribution in [2.45, 2.75) is 26.7 Å². The van der Waals surface area contributed by atoms with E-state index in [1.165, 1.54) is 16.7 Å². The second kappa shape index (κ2) is 4.22. The molecule has 2 heterocycles. The van der Waals surface area contributed by atoms with Crippen LogP contribution in [0.15, 0.2) is 24.4 Å². The molecular formula is C13H15N3O. The SMILES string of the molecule is Cc1[nH]ncc1CNc1ccc2c(c1)COC2. The molecule has 0 fully saturated rings. The minimum Gasteiger partial charge on any atom is -0.381 e. The Balaban J connectivity index is 1.72. The van der Waals surface area contributed by atoms with Gasteiger partial charge in [0.05, 0.1) is 19.4 Å². The molecule has 0 spiro atoms. The topological polar surface area (TPSA) is 49.9 Å². The fourth-order valence-corrected chi connectivity index (χ4v) is 2.03. The lowest BCUT2D eigenvalue weighted by Gasteiger charge is -2.07. The lowest BCUT2D eigenvalue weighted by Crippen LogP contribution is -2.00. The number of fused-ring (bicyclic) bond motifs is 1. The van der Waals surface area contributed by atoms with Crippen LogP contribution >= 0.6 is 0 Å². The van der Waals surface area contributed by atoms with Gasteiger partial charge in [0.2, 0.25) is 0 Å². The van der Waals surface area contributed by atoms with Gasteiger partial charge in [-0.1, -0.05) is 6.07 Å². The van der Waals surface area contributed by atoms with Gasteiger partial charge in [-0.2, -0.15) is 5.10 Å². The van der Waals surface area contributed by atoms with Crippen molar-refractivity contribution in [1.29, 1.82) is 0 Å². The maximum Gasteiger partial charge on any atom is 0.0725 e. The molecule has 17 heavy (non-hydrogen) atoms. The van der Waals surface area contributed by atoms with Gasteiger partial charge in [-0.05, 0) is 30.2 Å². The summed E-state index contributed by atoms with van der Waals surface area (Å²) in [4.78, 5) is 0. The quantitative estimate of drug-likeness (QED) is 0.849. The van der Waals surface area contributed by atoms with E-state index in [1.807, 2.05) is 13.1 Å². The van der Waals surface area contributed by atoms with Crippen molar-refractivity contribution in [3.8, 4) is 0 Å². The highest BCUT2D eigenvalue weighted by molar-refractivity contribution is 5.49. The number of hydrogen-bond donors (Lipinski definition) is 2. The summed E-state index contributed by atoms with van der Waals surface area (Å²) in [6.07, 6.45) is 1.86. The normalized spacial score (nSPS) is 13.7. The average molecular weight is 229 g/mol. The van der Waals surface area contributed by atoms with E-state index in [4.69, 9.17) is 4.74 Å². The Morgan fingerprint density at radius 2 is 2.24 bits per heavy atom. The third-order valence-corrected chi connectivity index (χ3v) is 3.14. The highest BCUT2D eigenvalue weighted by Gasteiger charge is 2.11. The first-order chi connectivity index (χ1) is 8.33. The van der Waals surface area contributed by atoms with Crippen molar-refractivity contribution in [3.63, 3.8) is 0 Å². The molecule has 1 aromatic carbocycles. The fourth-order valence-electron chi connectivity index (χ4n) is 2.03. The van der Waals surface area contributed by atoms with Gasteiger partial charge >= 0.3 is 0 Å². The summed E-state index contributed by atoms with van der Waals surface area (Å²) in [7, 11) is 0. The summed E-state index contributed by atoms with van der Waals surface area (Å²) in [5.74, 6) is 0. The predicted octanol–water partition coefficient (Wildman–Crippen LogP) is 2.36. The predicted molar refractivity (Wildman–Crippen MR) is 65.6 cm³/mol. The lowest BCUT2D eigenvalue weighted by molar-refractivity contribution is 0.134. The van der Waals surface area contributed by atoms with Crippen molar-refractivity contribution in [3.05, 3.63) is 46.8 Å². The number of hydrogen-bond acceptors (Lipinski definition) is 3. The standard InChI is InChI=1S/C13H15N3O/c1-9-12(6-15-16-9)5-14-13-3-2-10-7-17-8-11(10)4-13/h2-4,6,14H,5,7-8H2,1H3,(H,15,16). The first-order valence-electron chi connectivity index (χ1n) is 5.75. The number of rotatable bonds is 3. The minimum atomic E-state index is 0.732. The Hall–Kier alpha value is -1.81. The third-order valence-electron chi connectivity index (χ3n) is 3.14. The molecule has 0 radical (unpaired) electrons. The van der Waals surface area contributed by atoms with Gasteiger partial charge in [-0.3, -0.25) is 5.10 Å². The van der Waals surface area contributed by atoms with E-state index in [0.717, 1.165) is 31.1 Å². The number of aryl methyl sites for hydroxylation is 1. The molecule has 1 aromatic heterocycles. The Morgan fingerprint density at radius 3 is 3.06 bits per heavy atom. The molecule has 2 aromatic rings. The number of ether oxygens (including phenoxy) is 1. The van der Waals surface area contributed by atoms with E-state index < -0.39 is 0 Å². The number of H-pyrrole nitrogens is 1. The van der Waals surface area contributed by atoms with E-state index in [-0.39, 0.29) is 0 Å². The largest absolute Gasteiger partial charge is 0.381 e. The zero-order valence-corrected chi connectivity index (χ0v) is 9.79. The smallest absolute Gasteiger partial charge is 0.0725 e. The highest BCUT2D eigenvalue weighted by atomic mass is 16.5. The van der Waals surface area contributed by atoms with Crippen LogP contribution in [0.4, 0.5) is 5.69 Å². The summed E-state index contributed by atoms with van der Waals surface area (Å²) in [6.45, 7) is 4.30. The van der Waals surface area contributed by atoms with Gasteiger partial charge < -0.3 is 10.1 Å². The first kappa shape index (κ1) is 10.4. The molecule has 1 aliphatic heterocycles. The molecular weight excluding hydrogens is 214 g/mol. The van der Waals surface area contributed by atoms with Crippen molar-refractivity contribution in [1.82, 2.24) is 10.2 Å². The number of nitrogens with one attached hydrogen (secondary N) is 2. The third kappa shape index (κ3) is 2.03. The highest BCUT2D eigenvalue weighted by Crippen LogP contribution is 2.23. The molecule has 3 rings (SSSR count). The van der Waals surface area contributed by atoms with E-state index in [1.54, 1.807) is 0 Å². The van der Waals surface area contributed by atoms with Crippen LogP contribution < -0.4 is 5.32 Å². The van der Waals surface area contributed by atoms with Gasteiger partial charge in [0.25, 0.3) is 0 Å². The Kier molecular flexibility index (Phi) is 2.57.